The van der Waals surface area contributed by atoms with Crippen LogP contribution >= 0.6 is 0 Å². The first kappa shape index (κ1) is 16.9. The van der Waals surface area contributed by atoms with Gasteiger partial charge in [0.05, 0.1) is 0 Å². The normalized spacial score (nSPS) is 10.0. The minimum atomic E-state index is 1.21. The standard InChI is InChI=1S/C18H22.CH2N4/c1-3-4-6-10-16-13-9-14-18(15(16)2)17-11-7-5-8-12-17;1-2-4-5-3-1/h5,7-9,11-14H,3-4,6,10H2,1-2H3;1H,(H,2,3,4,5). The summed E-state index contributed by atoms with van der Waals surface area (Å²) in [5.41, 5.74) is 5.65. The number of aryl methyl sites for hydroxylation is 1. The number of tetrazole rings is 1. The van der Waals surface area contributed by atoms with E-state index in [-0.39, 0.29) is 0 Å². The Hall–Kier alpha value is -2.49. The lowest BCUT2D eigenvalue weighted by atomic mass is 9.94. The second-order valence-corrected chi connectivity index (χ2v) is 5.47. The Labute approximate surface area is 138 Å². The van der Waals surface area contributed by atoms with Crippen LogP contribution in [0.2, 0.25) is 0 Å². The maximum Gasteiger partial charge on any atom is 0.161 e. The Balaban J connectivity index is 0.000000326. The lowest BCUT2D eigenvalue weighted by Crippen LogP contribution is -1.93. The molecule has 0 unspecified atom stereocenters. The van der Waals surface area contributed by atoms with Crippen molar-refractivity contribution in [3.05, 3.63) is 66.0 Å². The third kappa shape index (κ3) is 5.33. The van der Waals surface area contributed by atoms with Gasteiger partial charge in [-0.05, 0) is 42.0 Å². The summed E-state index contributed by atoms with van der Waals surface area (Å²) in [7, 11) is 0. The van der Waals surface area contributed by atoms with Crippen LogP contribution in [0.15, 0.2) is 54.9 Å². The number of hydrogen-bond donors (Lipinski definition) is 1. The van der Waals surface area contributed by atoms with E-state index in [1.807, 2.05) is 0 Å². The van der Waals surface area contributed by atoms with Crippen LogP contribution in [-0.4, -0.2) is 20.6 Å². The number of benzene rings is 2. The average molecular weight is 308 g/mol. The van der Waals surface area contributed by atoms with Gasteiger partial charge in [-0.15, -0.1) is 10.2 Å². The third-order valence-electron chi connectivity index (χ3n) is 3.85. The average Bonchev–Trinajstić information content (AvgIpc) is 3.17. The Kier molecular flexibility index (Phi) is 6.98. The fourth-order valence-corrected chi connectivity index (χ4v) is 2.58. The topological polar surface area (TPSA) is 54.5 Å². The Morgan fingerprint density at radius 2 is 1.78 bits per heavy atom. The second-order valence-electron chi connectivity index (χ2n) is 5.47. The van der Waals surface area contributed by atoms with Crippen LogP contribution < -0.4 is 0 Å². The summed E-state index contributed by atoms with van der Waals surface area (Å²) in [6.07, 6.45) is 6.46. The molecule has 0 bridgehead atoms. The summed E-state index contributed by atoms with van der Waals surface area (Å²) >= 11 is 0. The largest absolute Gasteiger partial charge is 0.177 e. The van der Waals surface area contributed by atoms with Crippen molar-refractivity contribution in [1.29, 1.82) is 0 Å². The van der Waals surface area contributed by atoms with Crippen molar-refractivity contribution in [2.75, 3.05) is 0 Å². The van der Waals surface area contributed by atoms with E-state index >= 15 is 0 Å². The van der Waals surface area contributed by atoms with Gasteiger partial charge in [-0.1, -0.05) is 73.5 Å². The lowest BCUT2D eigenvalue weighted by Gasteiger charge is -2.11. The van der Waals surface area contributed by atoms with E-state index in [1.54, 1.807) is 0 Å². The molecule has 0 saturated carbocycles. The van der Waals surface area contributed by atoms with Crippen molar-refractivity contribution >= 4 is 0 Å². The monoisotopic (exact) mass is 308 g/mol. The summed E-state index contributed by atoms with van der Waals surface area (Å²) in [5.74, 6) is 0. The Morgan fingerprint density at radius 1 is 0.957 bits per heavy atom. The molecule has 4 nitrogen and oxygen atoms in total. The fraction of sp³-hybridized carbons (Fsp3) is 0.316. The predicted octanol–water partition coefficient (Wildman–Crippen LogP) is 4.59. The molecule has 0 aliphatic heterocycles. The van der Waals surface area contributed by atoms with Crippen molar-refractivity contribution in [1.82, 2.24) is 20.6 Å². The van der Waals surface area contributed by atoms with Crippen molar-refractivity contribution in [2.45, 2.75) is 39.5 Å². The van der Waals surface area contributed by atoms with Crippen molar-refractivity contribution in [2.24, 2.45) is 0 Å². The van der Waals surface area contributed by atoms with E-state index in [0.717, 1.165) is 0 Å². The highest BCUT2D eigenvalue weighted by Gasteiger charge is 2.05. The molecular formula is C19H24N4. The highest BCUT2D eigenvalue weighted by molar-refractivity contribution is 5.68. The predicted molar refractivity (Wildman–Crippen MR) is 94.0 cm³/mol. The van der Waals surface area contributed by atoms with Crippen LogP contribution in [0.25, 0.3) is 11.1 Å². The first-order valence-corrected chi connectivity index (χ1v) is 8.13. The molecule has 0 spiro atoms. The maximum absolute atomic E-state index is 3.38. The van der Waals surface area contributed by atoms with E-state index in [9.17, 15) is 0 Å². The third-order valence-corrected chi connectivity index (χ3v) is 3.85. The van der Waals surface area contributed by atoms with Crippen LogP contribution in [0.1, 0.15) is 37.3 Å². The first-order valence-electron chi connectivity index (χ1n) is 8.13. The minimum Gasteiger partial charge on any atom is -0.177 e. The number of unbranched alkanes of at least 4 members (excludes halogenated alkanes) is 2. The summed E-state index contributed by atoms with van der Waals surface area (Å²) in [4.78, 5) is 0. The second kappa shape index (κ2) is 9.51. The summed E-state index contributed by atoms with van der Waals surface area (Å²) < 4.78 is 0. The minimum absolute atomic E-state index is 1.21. The number of nitrogens with zero attached hydrogens (tertiary/aromatic N) is 3. The molecule has 0 fully saturated rings. The molecule has 3 aromatic rings. The first-order chi connectivity index (χ1) is 11.3. The maximum atomic E-state index is 3.38. The van der Waals surface area contributed by atoms with Gasteiger partial charge in [-0.2, -0.15) is 5.21 Å². The van der Waals surface area contributed by atoms with Crippen LogP contribution in [-0.2, 0) is 6.42 Å². The van der Waals surface area contributed by atoms with E-state index in [4.69, 9.17) is 0 Å². The zero-order valence-electron chi connectivity index (χ0n) is 13.9. The summed E-state index contributed by atoms with van der Waals surface area (Å²) in [5, 5.41) is 12.2. The quantitative estimate of drug-likeness (QED) is 0.701. The number of rotatable bonds is 5. The fourth-order valence-electron chi connectivity index (χ4n) is 2.58. The molecular weight excluding hydrogens is 284 g/mol. The van der Waals surface area contributed by atoms with Gasteiger partial charge in [0.25, 0.3) is 0 Å². The van der Waals surface area contributed by atoms with Crippen molar-refractivity contribution in [3.8, 4) is 11.1 Å². The van der Waals surface area contributed by atoms with E-state index in [0.29, 0.717) is 0 Å². The highest BCUT2D eigenvalue weighted by Crippen LogP contribution is 2.26. The molecule has 1 heterocycles. The molecule has 120 valence electrons. The van der Waals surface area contributed by atoms with Gasteiger partial charge in [0.1, 0.15) is 0 Å². The molecule has 23 heavy (non-hydrogen) atoms. The number of H-pyrrole nitrogens is 1. The van der Waals surface area contributed by atoms with Crippen molar-refractivity contribution in [3.63, 3.8) is 0 Å². The van der Waals surface area contributed by atoms with Gasteiger partial charge in [0.2, 0.25) is 0 Å². The van der Waals surface area contributed by atoms with E-state index < -0.39 is 0 Å². The molecule has 1 N–H and O–H groups in total. The molecule has 0 amide bonds. The van der Waals surface area contributed by atoms with Crippen LogP contribution in [0.4, 0.5) is 0 Å². The van der Waals surface area contributed by atoms with Gasteiger partial charge in [-0.25, -0.2) is 0 Å². The molecule has 0 atom stereocenters. The van der Waals surface area contributed by atoms with Crippen LogP contribution in [0, 0.1) is 6.92 Å². The highest BCUT2D eigenvalue weighted by atomic mass is 15.5. The summed E-state index contributed by atoms with van der Waals surface area (Å²) in [6.45, 7) is 4.51. The Morgan fingerprint density at radius 3 is 2.39 bits per heavy atom. The number of hydrogen-bond acceptors (Lipinski definition) is 3. The Bertz CT molecular complexity index is 646. The summed E-state index contributed by atoms with van der Waals surface area (Å²) in [6, 6.07) is 17.4. The van der Waals surface area contributed by atoms with E-state index in [1.165, 1.54) is 54.3 Å². The van der Waals surface area contributed by atoms with Gasteiger partial charge < -0.3 is 0 Å². The molecule has 3 rings (SSSR count). The zero-order valence-corrected chi connectivity index (χ0v) is 13.9. The SMILES string of the molecule is CCCCCc1cccc(-c2ccccc2)c1C.c1nn[nH]n1. The van der Waals surface area contributed by atoms with Crippen LogP contribution in [0.5, 0.6) is 0 Å². The molecule has 0 saturated heterocycles. The number of aromatic nitrogens is 4. The molecule has 4 heteroatoms. The molecule has 2 aromatic carbocycles. The zero-order chi connectivity index (χ0) is 16.3. The smallest absolute Gasteiger partial charge is 0.161 e. The number of nitrogens with one attached hydrogen (secondary N) is 1. The van der Waals surface area contributed by atoms with Crippen molar-refractivity contribution < 1.29 is 0 Å². The molecule has 0 radical (unpaired) electrons. The van der Waals surface area contributed by atoms with Gasteiger partial charge in [0.15, 0.2) is 6.33 Å². The molecule has 1 aromatic heterocycles. The van der Waals surface area contributed by atoms with Gasteiger partial charge in [-0.3, -0.25) is 0 Å². The lowest BCUT2D eigenvalue weighted by molar-refractivity contribution is 0.715. The van der Waals surface area contributed by atoms with Gasteiger partial charge in [0, 0.05) is 0 Å². The van der Waals surface area contributed by atoms with E-state index in [2.05, 4.69) is 83.0 Å². The van der Waals surface area contributed by atoms with Crippen LogP contribution in [0.3, 0.4) is 0 Å². The number of aromatic amines is 1. The molecule has 0 aliphatic rings. The molecule has 0 aliphatic carbocycles. The van der Waals surface area contributed by atoms with Gasteiger partial charge >= 0.3 is 0 Å².